The van der Waals surface area contributed by atoms with Gasteiger partial charge in [-0.1, -0.05) is 12.1 Å². The molecule has 0 radical (unpaired) electrons. The van der Waals surface area contributed by atoms with Crippen molar-refractivity contribution in [2.45, 2.75) is 63.4 Å². The number of methoxy groups -OCH3 is 1. The largest absolute Gasteiger partial charge is 0.465 e. The number of benzene rings is 1. The van der Waals surface area contributed by atoms with Gasteiger partial charge in [0.15, 0.2) is 6.10 Å². The van der Waals surface area contributed by atoms with Crippen LogP contribution in [-0.2, 0) is 23.7 Å². The summed E-state index contributed by atoms with van der Waals surface area (Å²) in [6.45, 7) is -0.0333. The van der Waals surface area contributed by atoms with Gasteiger partial charge in [-0.2, -0.15) is 4.48 Å². The van der Waals surface area contributed by atoms with Crippen molar-refractivity contribution in [3.05, 3.63) is 47.7 Å². The highest BCUT2D eigenvalue weighted by Crippen LogP contribution is 2.51. The quantitative estimate of drug-likeness (QED) is 0.305. The van der Waals surface area contributed by atoms with Gasteiger partial charge in [-0.15, -0.1) is 0 Å². The van der Waals surface area contributed by atoms with Crippen LogP contribution in [-0.4, -0.2) is 73.5 Å². The topological polar surface area (TPSA) is 141 Å². The Morgan fingerprint density at radius 3 is 2.36 bits per heavy atom. The average molecular weight is 541 g/mol. The van der Waals surface area contributed by atoms with E-state index in [4.69, 9.17) is 24.4 Å². The zero-order valence-corrected chi connectivity index (χ0v) is 22.1. The number of carbonyl (C=O) groups is 4. The van der Waals surface area contributed by atoms with Crippen molar-refractivity contribution in [2.24, 2.45) is 11.3 Å². The first-order chi connectivity index (χ1) is 18.6. The van der Waals surface area contributed by atoms with Crippen molar-refractivity contribution in [3.63, 3.8) is 0 Å². The molecule has 0 aromatic heterocycles. The molecule has 2 amide bonds. The number of quaternary nitrogens is 1. The number of rotatable bonds is 7. The van der Waals surface area contributed by atoms with Gasteiger partial charge in [-0.3, -0.25) is 15.5 Å². The number of amidine groups is 1. The van der Waals surface area contributed by atoms with Gasteiger partial charge in [-0.25, -0.2) is 14.4 Å². The lowest BCUT2D eigenvalue weighted by atomic mass is 9.61. The molecule has 1 saturated heterocycles. The summed E-state index contributed by atoms with van der Waals surface area (Å²) in [6, 6.07) is 5.61. The molecule has 6 rings (SSSR count). The van der Waals surface area contributed by atoms with Crippen LogP contribution in [0.15, 0.2) is 36.5 Å². The number of nitrogens with zero attached hydrogens (tertiary/aromatic N) is 1. The predicted molar refractivity (Wildman–Crippen MR) is 136 cm³/mol. The van der Waals surface area contributed by atoms with Crippen LogP contribution in [0.25, 0.3) is 0 Å². The van der Waals surface area contributed by atoms with E-state index in [2.05, 4.69) is 5.32 Å². The molecular weight excluding hydrogens is 506 g/mol. The number of nitrogens with one attached hydrogen (secondary N) is 2. The third kappa shape index (κ3) is 5.08. The SMILES string of the molecule is COC(=O)c1ccccc1C(=O)O[C@@H]1C[C@@H](COC(=O)C23CCC(CC2)CC3)O[C@H]1[N+]1(C)C=CC(=N)NC1=O. The Labute approximate surface area is 226 Å². The molecule has 11 heteroatoms. The molecule has 4 atom stereocenters. The summed E-state index contributed by atoms with van der Waals surface area (Å²) in [4.78, 5) is 51.5. The van der Waals surface area contributed by atoms with Crippen LogP contribution in [0.1, 0.15) is 65.7 Å². The summed E-state index contributed by atoms with van der Waals surface area (Å²) in [7, 11) is 2.81. The van der Waals surface area contributed by atoms with Crippen LogP contribution in [0.2, 0.25) is 0 Å². The van der Waals surface area contributed by atoms with Gasteiger partial charge in [0.05, 0.1) is 30.7 Å². The Balaban J connectivity index is 1.34. The first-order valence-electron chi connectivity index (χ1n) is 13.3. The van der Waals surface area contributed by atoms with Crippen molar-refractivity contribution < 1.29 is 42.6 Å². The normalized spacial score (nSPS) is 33.4. The zero-order chi connectivity index (χ0) is 27.8. The van der Waals surface area contributed by atoms with Gasteiger partial charge >= 0.3 is 23.9 Å². The number of hydrogen-bond acceptors (Lipinski definition) is 9. The van der Waals surface area contributed by atoms with Crippen molar-refractivity contribution in [2.75, 3.05) is 20.8 Å². The van der Waals surface area contributed by atoms with Crippen molar-refractivity contribution in [3.8, 4) is 0 Å². The maximum atomic E-state index is 13.2. The molecule has 11 nitrogen and oxygen atoms in total. The van der Waals surface area contributed by atoms with Gasteiger partial charge < -0.3 is 18.9 Å². The van der Waals surface area contributed by atoms with E-state index in [1.807, 2.05) is 0 Å². The number of ether oxygens (including phenoxy) is 4. The van der Waals surface area contributed by atoms with Crippen LogP contribution in [0.3, 0.4) is 0 Å². The average Bonchev–Trinajstić information content (AvgIpc) is 3.37. The maximum absolute atomic E-state index is 13.2. The van der Waals surface area contributed by atoms with E-state index in [1.165, 1.54) is 31.5 Å². The number of carbonyl (C=O) groups excluding carboxylic acids is 4. The predicted octanol–water partition coefficient (Wildman–Crippen LogP) is 3.29. The zero-order valence-electron chi connectivity index (χ0n) is 22.1. The standard InChI is InChI=1S/C28H33N3O8/c1-31(14-10-22(29)30-27(31)35)23-21(39-25(33)20-6-4-3-5-19(20)24(32)36-2)15-18(38-23)16-37-26(34)28-11-7-17(8-12-28)9-13-28/h3-6,10,14,17-18,21,23H,7-9,11-13,15-16H2,1-2H3,(H-,29,30,35)/p+1/t17?,18-,21+,23+,28?,31?/m0/s1. The molecule has 2 bridgehead atoms. The molecule has 3 saturated carbocycles. The van der Waals surface area contributed by atoms with Gasteiger partial charge in [0, 0.05) is 12.5 Å². The van der Waals surface area contributed by atoms with Crippen LogP contribution in [0, 0.1) is 16.7 Å². The van der Waals surface area contributed by atoms with Crippen LogP contribution < -0.4 is 5.32 Å². The van der Waals surface area contributed by atoms with Crippen LogP contribution in [0.4, 0.5) is 4.79 Å². The molecule has 3 aliphatic carbocycles. The minimum atomic E-state index is -0.976. The third-order valence-electron chi connectivity index (χ3n) is 8.64. The molecule has 2 aliphatic heterocycles. The van der Waals surface area contributed by atoms with Crippen LogP contribution >= 0.6 is 0 Å². The van der Waals surface area contributed by atoms with Gasteiger partial charge in [0.1, 0.15) is 24.7 Å². The lowest BCUT2D eigenvalue weighted by molar-refractivity contribution is -0.835. The molecule has 39 heavy (non-hydrogen) atoms. The second-order valence-electron chi connectivity index (χ2n) is 11.0. The smallest absolute Gasteiger partial charge is 0.428 e. The summed E-state index contributed by atoms with van der Waals surface area (Å²) in [5.74, 6) is -1.02. The third-order valence-corrected chi connectivity index (χ3v) is 8.64. The van der Waals surface area contributed by atoms with E-state index < -0.39 is 46.3 Å². The second kappa shape index (κ2) is 10.5. The van der Waals surface area contributed by atoms with Crippen molar-refractivity contribution in [1.29, 1.82) is 5.41 Å². The van der Waals surface area contributed by atoms with Crippen molar-refractivity contribution in [1.82, 2.24) is 5.32 Å². The summed E-state index contributed by atoms with van der Waals surface area (Å²) in [5, 5.41) is 10.2. The Morgan fingerprint density at radius 2 is 1.74 bits per heavy atom. The van der Waals surface area contributed by atoms with E-state index in [1.54, 1.807) is 19.2 Å². The summed E-state index contributed by atoms with van der Waals surface area (Å²) >= 11 is 0. The number of esters is 3. The van der Waals surface area contributed by atoms with E-state index >= 15 is 0 Å². The first kappa shape index (κ1) is 27.0. The van der Waals surface area contributed by atoms with Crippen molar-refractivity contribution >= 4 is 29.8 Å². The highest BCUT2D eigenvalue weighted by molar-refractivity contribution is 6.03. The molecular formula is C28H34N3O8+. The highest BCUT2D eigenvalue weighted by Gasteiger charge is 2.54. The molecule has 0 spiro atoms. The molecule has 1 aromatic carbocycles. The Bertz CT molecular complexity index is 1210. The lowest BCUT2D eigenvalue weighted by Crippen LogP contribution is -2.62. The van der Waals surface area contributed by atoms with Gasteiger partial charge in [-0.05, 0) is 56.6 Å². The minimum absolute atomic E-state index is 0.0213. The van der Waals surface area contributed by atoms with Crippen LogP contribution in [0.5, 0.6) is 0 Å². The fourth-order valence-electron chi connectivity index (χ4n) is 6.20. The molecule has 4 fully saturated rings. The van der Waals surface area contributed by atoms with E-state index in [0.29, 0.717) is 5.92 Å². The monoisotopic (exact) mass is 540 g/mol. The Hall–Kier alpha value is -3.57. The molecule has 1 unspecified atom stereocenters. The number of urea groups is 1. The second-order valence-corrected chi connectivity index (χ2v) is 11.0. The van der Waals surface area contributed by atoms with E-state index in [9.17, 15) is 19.2 Å². The number of likely N-dealkylation sites (N-methyl/N-ethyl adjacent to an activating group) is 1. The molecule has 5 aliphatic rings. The summed E-state index contributed by atoms with van der Waals surface area (Å²) < 4.78 is 22.2. The fraction of sp³-hybridized carbons (Fsp3) is 0.536. The van der Waals surface area contributed by atoms with Gasteiger partial charge in [0.25, 0.3) is 0 Å². The fourth-order valence-corrected chi connectivity index (χ4v) is 6.20. The number of amides is 2. The lowest BCUT2D eigenvalue weighted by Gasteiger charge is -2.44. The van der Waals surface area contributed by atoms with E-state index in [0.717, 1.165) is 38.5 Å². The highest BCUT2D eigenvalue weighted by atomic mass is 16.6. The minimum Gasteiger partial charge on any atom is -0.465 e. The molecule has 2 N–H and O–H groups in total. The molecule has 2 heterocycles. The Kier molecular flexibility index (Phi) is 7.30. The molecule has 208 valence electrons. The van der Waals surface area contributed by atoms with Gasteiger partial charge in [0.2, 0.25) is 6.23 Å². The maximum Gasteiger partial charge on any atom is 0.428 e. The number of hydrogen-bond donors (Lipinski definition) is 2. The first-order valence-corrected chi connectivity index (χ1v) is 13.3. The van der Waals surface area contributed by atoms with E-state index in [-0.39, 0.29) is 36.0 Å². The Morgan fingerprint density at radius 1 is 1.10 bits per heavy atom. The summed E-state index contributed by atoms with van der Waals surface area (Å²) in [5.41, 5.74) is -0.352. The number of fused-ring (bicyclic) bond motifs is 3. The summed E-state index contributed by atoms with van der Waals surface area (Å²) in [6.07, 6.45) is 6.27. The molecule has 1 aromatic rings.